The number of carboxylic acids is 1. The molecule has 0 saturated heterocycles. The number of aliphatic carboxylic acids is 1. The summed E-state index contributed by atoms with van der Waals surface area (Å²) in [5, 5.41) is 22.0. The molecule has 240 valence electrons. The van der Waals surface area contributed by atoms with Gasteiger partial charge in [-0.1, -0.05) is 111 Å². The van der Waals surface area contributed by atoms with E-state index in [0.29, 0.717) is 25.7 Å². The van der Waals surface area contributed by atoms with E-state index in [0.717, 1.165) is 25.6 Å². The third-order valence-electron chi connectivity index (χ3n) is 9.35. The van der Waals surface area contributed by atoms with E-state index >= 15 is 0 Å². The van der Waals surface area contributed by atoms with Crippen molar-refractivity contribution in [2.75, 3.05) is 0 Å². The van der Waals surface area contributed by atoms with Crippen molar-refractivity contribution >= 4 is 52.0 Å². The van der Waals surface area contributed by atoms with Gasteiger partial charge in [-0.3, -0.25) is 9.59 Å². The molecule has 0 spiro atoms. The van der Waals surface area contributed by atoms with Gasteiger partial charge in [0.2, 0.25) is 0 Å². The highest BCUT2D eigenvalue weighted by Gasteiger charge is 2.51. The molecular weight excluding hydrogens is 611 g/mol. The van der Waals surface area contributed by atoms with Crippen LogP contribution < -0.4 is 10.4 Å². The molecule has 6 nitrogen and oxygen atoms in total. The Balaban J connectivity index is 1.48. The number of Topliss-reactive ketones (excluding diaryl/α,β-unsaturated/α-hetero) is 1. The molecule has 8 heteroatoms. The molecule has 0 bridgehead atoms. The van der Waals surface area contributed by atoms with Crippen molar-refractivity contribution in [3.05, 3.63) is 114 Å². The Morgan fingerprint density at radius 2 is 1.63 bits per heavy atom. The van der Waals surface area contributed by atoms with Crippen LogP contribution in [0.1, 0.15) is 63.3 Å². The summed E-state index contributed by atoms with van der Waals surface area (Å²) >= 11 is 1.64. The van der Waals surface area contributed by atoms with E-state index in [1.807, 2.05) is 97.1 Å². The van der Waals surface area contributed by atoms with Crippen LogP contribution in [-0.4, -0.2) is 46.2 Å². The lowest BCUT2D eigenvalue weighted by molar-refractivity contribution is -0.137. The first-order valence-electron chi connectivity index (χ1n) is 16.0. The first kappa shape index (κ1) is 33.7. The smallest absolute Gasteiger partial charge is 0.303 e. The predicted octanol–water partition coefficient (Wildman–Crippen LogP) is 6.63. The van der Waals surface area contributed by atoms with Crippen LogP contribution in [0.25, 0.3) is 10.2 Å². The first-order valence-corrected chi connectivity index (χ1v) is 18.8. The Bertz CT molecular complexity index is 1610. The van der Waals surface area contributed by atoms with Gasteiger partial charge in [0.15, 0.2) is 0 Å². The quantitative estimate of drug-likeness (QED) is 0.0802. The fourth-order valence-corrected chi connectivity index (χ4v) is 11.6. The Labute approximate surface area is 276 Å². The summed E-state index contributed by atoms with van der Waals surface area (Å²) in [4.78, 5) is 41.9. The molecule has 3 aromatic carbocycles. The number of aliphatic hydroxyl groups excluding tert-OH is 1. The molecule has 3 N–H and O–H groups in total. The van der Waals surface area contributed by atoms with Crippen molar-refractivity contribution in [1.82, 2.24) is 4.98 Å². The summed E-state index contributed by atoms with van der Waals surface area (Å²) in [7, 11) is -3.31. The standard InChI is InChI=1S/C38H43NO5SSi/c1-38(2,46(44,28-15-7-5-8-16-28)29-17-9-6-10-18-29)26-27(37-39-32-20-13-14-21-35(32)45-37)23-24-31-30(33(40)25-34(31)41)19-11-3-4-12-22-36(42)43/h3,5-11,13-18,20-21,23-24,27,30-31,33,40,44H,4,12,19,22,25-26H2,1-2H3,(H,42,43)/b11-3-,24-23+/t27-,30+,31+,33-/m0/s1. The number of unbranched alkanes of at least 4 members (excludes halogenated alkanes) is 1. The fourth-order valence-electron chi connectivity index (χ4n) is 6.81. The second kappa shape index (κ2) is 14.8. The van der Waals surface area contributed by atoms with E-state index in [9.17, 15) is 19.5 Å². The average molecular weight is 654 g/mol. The minimum atomic E-state index is -3.31. The Morgan fingerprint density at radius 1 is 1.00 bits per heavy atom. The number of carbonyl (C=O) groups is 2. The number of allylic oxidation sites excluding steroid dienone is 4. The highest BCUT2D eigenvalue weighted by molar-refractivity contribution is 7.18. The summed E-state index contributed by atoms with van der Waals surface area (Å²) in [6.07, 6.45) is 9.85. The summed E-state index contributed by atoms with van der Waals surface area (Å²) in [6.45, 7) is 4.30. The van der Waals surface area contributed by atoms with Crippen molar-refractivity contribution in [3.63, 3.8) is 0 Å². The molecule has 1 aliphatic carbocycles. The molecule has 0 unspecified atom stereocenters. The minimum Gasteiger partial charge on any atom is -0.481 e. The van der Waals surface area contributed by atoms with Crippen LogP contribution in [0.15, 0.2) is 109 Å². The third kappa shape index (κ3) is 7.47. The van der Waals surface area contributed by atoms with E-state index in [4.69, 9.17) is 10.1 Å². The third-order valence-corrected chi connectivity index (χ3v) is 15.0. The number of hydrogen-bond acceptors (Lipinski definition) is 6. The monoisotopic (exact) mass is 653 g/mol. The van der Waals surface area contributed by atoms with Gasteiger partial charge in [-0.05, 0) is 53.2 Å². The van der Waals surface area contributed by atoms with Gasteiger partial charge in [0, 0.05) is 30.6 Å². The van der Waals surface area contributed by atoms with Crippen molar-refractivity contribution in [2.24, 2.45) is 11.8 Å². The Kier molecular flexibility index (Phi) is 10.8. The van der Waals surface area contributed by atoms with Crippen LogP contribution in [0.5, 0.6) is 0 Å². The van der Waals surface area contributed by atoms with Crippen LogP contribution in [0.4, 0.5) is 0 Å². The van der Waals surface area contributed by atoms with Crippen molar-refractivity contribution < 1.29 is 24.6 Å². The number of fused-ring (bicyclic) bond motifs is 1. The van der Waals surface area contributed by atoms with Crippen molar-refractivity contribution in [3.8, 4) is 0 Å². The topological polar surface area (TPSA) is 108 Å². The molecule has 5 rings (SSSR count). The lowest BCUT2D eigenvalue weighted by Crippen LogP contribution is -2.65. The lowest BCUT2D eigenvalue weighted by atomic mass is 9.88. The molecule has 0 amide bonds. The molecule has 46 heavy (non-hydrogen) atoms. The zero-order chi connectivity index (χ0) is 32.7. The van der Waals surface area contributed by atoms with E-state index in [-0.39, 0.29) is 30.5 Å². The van der Waals surface area contributed by atoms with Gasteiger partial charge in [0.25, 0.3) is 8.32 Å². The van der Waals surface area contributed by atoms with Crippen molar-refractivity contribution in [1.29, 1.82) is 0 Å². The number of thiazole rings is 1. The number of hydrogen-bond donors (Lipinski definition) is 3. The van der Waals surface area contributed by atoms with Gasteiger partial charge in [-0.15, -0.1) is 11.3 Å². The highest BCUT2D eigenvalue weighted by atomic mass is 32.1. The summed E-state index contributed by atoms with van der Waals surface area (Å²) in [6, 6.07) is 28.0. The fraction of sp³-hybridized carbons (Fsp3) is 0.342. The summed E-state index contributed by atoms with van der Waals surface area (Å²) in [5.41, 5.74) is 0.926. The average Bonchev–Trinajstić information content (AvgIpc) is 3.60. The number of aliphatic hydroxyl groups is 1. The van der Waals surface area contributed by atoms with Gasteiger partial charge >= 0.3 is 5.97 Å². The molecule has 1 saturated carbocycles. The molecule has 0 aliphatic heterocycles. The molecule has 0 radical (unpaired) electrons. The van der Waals surface area contributed by atoms with Crippen molar-refractivity contribution in [2.45, 2.75) is 69.4 Å². The summed E-state index contributed by atoms with van der Waals surface area (Å²) < 4.78 is 1.09. The van der Waals surface area contributed by atoms with E-state index < -0.39 is 31.3 Å². The number of rotatable bonds is 14. The van der Waals surface area contributed by atoms with E-state index in [1.165, 1.54) is 0 Å². The SMILES string of the molecule is CC(C)(C[C@H](/C=C/[C@H]1C(=O)C[C@H](O)[C@@H]1C/C=C\CCCC(=O)O)c1nc2ccccc2s1)[Si](O)(c1ccccc1)c1ccccc1. The molecule has 4 aromatic rings. The maximum absolute atomic E-state index is 13.2. The normalized spacial score (nSPS) is 19.8. The van der Waals surface area contributed by atoms with E-state index in [1.54, 1.807) is 11.3 Å². The van der Waals surface area contributed by atoms with E-state index in [2.05, 4.69) is 26.0 Å². The molecule has 1 fully saturated rings. The minimum absolute atomic E-state index is 0.0230. The number of aromatic nitrogens is 1. The van der Waals surface area contributed by atoms with Gasteiger partial charge in [0.05, 0.1) is 16.3 Å². The molecule has 4 atom stereocenters. The molecule has 1 heterocycles. The van der Waals surface area contributed by atoms with Gasteiger partial charge < -0.3 is 15.0 Å². The van der Waals surface area contributed by atoms with Gasteiger partial charge in [-0.2, -0.15) is 0 Å². The van der Waals surface area contributed by atoms with Crippen LogP contribution in [0.3, 0.4) is 0 Å². The largest absolute Gasteiger partial charge is 0.481 e. The number of carboxylic acid groups (broad SMARTS) is 1. The first-order chi connectivity index (χ1) is 22.1. The zero-order valence-electron chi connectivity index (χ0n) is 26.5. The van der Waals surface area contributed by atoms with Crippen LogP contribution in [-0.2, 0) is 9.59 Å². The number of nitrogens with zero attached hydrogens (tertiary/aromatic N) is 1. The molecule has 1 aliphatic rings. The van der Waals surface area contributed by atoms with Gasteiger partial charge in [0.1, 0.15) is 10.8 Å². The summed E-state index contributed by atoms with van der Waals surface area (Å²) in [5.74, 6) is -1.64. The molecular formula is C38H43NO5SSi. The molecule has 1 aromatic heterocycles. The second-order valence-corrected chi connectivity index (χ2v) is 18.0. The number of carbonyl (C=O) groups excluding carboxylic acids is 1. The number of benzene rings is 3. The van der Waals surface area contributed by atoms with Crippen LogP contribution >= 0.6 is 11.3 Å². The number of ketones is 1. The zero-order valence-corrected chi connectivity index (χ0v) is 28.3. The second-order valence-electron chi connectivity index (χ2n) is 13.0. The maximum Gasteiger partial charge on any atom is 0.303 e. The number of para-hydroxylation sites is 1. The maximum atomic E-state index is 13.2. The van der Waals surface area contributed by atoms with Crippen LogP contribution in [0.2, 0.25) is 5.04 Å². The van der Waals surface area contributed by atoms with Crippen LogP contribution in [0, 0.1) is 11.8 Å². The lowest BCUT2D eigenvalue weighted by Gasteiger charge is -2.42. The Hall–Kier alpha value is -3.69. The van der Waals surface area contributed by atoms with Gasteiger partial charge in [-0.25, -0.2) is 4.98 Å². The highest BCUT2D eigenvalue weighted by Crippen LogP contribution is 2.46. The Morgan fingerprint density at radius 3 is 2.26 bits per heavy atom. The predicted molar refractivity (Wildman–Crippen MR) is 188 cm³/mol.